The van der Waals surface area contributed by atoms with Gasteiger partial charge in [-0.3, -0.25) is 4.79 Å². The van der Waals surface area contributed by atoms with Crippen LogP contribution in [0.3, 0.4) is 0 Å². The summed E-state index contributed by atoms with van der Waals surface area (Å²) in [5.74, 6) is 0.164. The molecule has 3 rings (SSSR count). The highest BCUT2D eigenvalue weighted by Gasteiger charge is 2.14. The molecule has 168 valence electrons. The number of aryl methyl sites for hydroxylation is 2. The Morgan fingerprint density at radius 1 is 1.12 bits per heavy atom. The Hall–Kier alpha value is -2.99. The van der Waals surface area contributed by atoms with Crippen LogP contribution in [0.2, 0.25) is 0 Å². The normalized spacial score (nSPS) is 11.2. The van der Waals surface area contributed by atoms with Crippen LogP contribution >= 0.6 is 11.8 Å². The van der Waals surface area contributed by atoms with Gasteiger partial charge in [-0.15, -0.1) is 11.8 Å². The number of allylic oxidation sites excluding steroid dienone is 1. The van der Waals surface area contributed by atoms with E-state index in [1.165, 1.54) is 0 Å². The molecule has 0 aliphatic heterocycles. The largest absolute Gasteiger partial charge is 0.481 e. The number of hydrogen-bond donors (Lipinski definition) is 0. The summed E-state index contributed by atoms with van der Waals surface area (Å²) < 4.78 is 16.4. The van der Waals surface area contributed by atoms with Crippen LogP contribution < -0.4 is 4.74 Å². The Labute approximate surface area is 192 Å². The van der Waals surface area contributed by atoms with Gasteiger partial charge in [0, 0.05) is 10.3 Å². The lowest BCUT2D eigenvalue weighted by atomic mass is 10.0. The minimum atomic E-state index is -0.372. The maximum Gasteiger partial charge on any atom is 0.344 e. The number of furan rings is 1. The second-order valence-electron chi connectivity index (χ2n) is 7.52. The second kappa shape index (κ2) is 11.0. The van der Waals surface area contributed by atoms with Crippen LogP contribution in [0.1, 0.15) is 46.8 Å². The molecule has 0 unspecified atom stereocenters. The smallest absolute Gasteiger partial charge is 0.344 e. The van der Waals surface area contributed by atoms with Gasteiger partial charge < -0.3 is 13.9 Å². The monoisotopic (exact) mass is 452 g/mol. The van der Waals surface area contributed by atoms with Crippen LogP contribution in [0.5, 0.6) is 5.75 Å². The SMILES string of the molecule is CCCCOC(=O)COc1c(C)cc(/C=C/C(=O)c2ccc(SC)c3ccoc23)cc1C. The van der Waals surface area contributed by atoms with E-state index < -0.39 is 0 Å². The lowest BCUT2D eigenvalue weighted by Gasteiger charge is -2.13. The Morgan fingerprint density at radius 3 is 2.56 bits per heavy atom. The Balaban J connectivity index is 1.71. The summed E-state index contributed by atoms with van der Waals surface area (Å²) in [6, 6.07) is 9.48. The van der Waals surface area contributed by atoms with Gasteiger partial charge in [0.2, 0.25) is 0 Å². The van der Waals surface area contributed by atoms with Gasteiger partial charge in [-0.25, -0.2) is 4.79 Å². The fourth-order valence-electron chi connectivity index (χ4n) is 3.48. The lowest BCUT2D eigenvalue weighted by Crippen LogP contribution is -2.16. The van der Waals surface area contributed by atoms with E-state index in [0.717, 1.165) is 39.8 Å². The molecule has 1 heterocycles. The van der Waals surface area contributed by atoms with E-state index in [9.17, 15) is 9.59 Å². The zero-order valence-electron chi connectivity index (χ0n) is 18.9. The average molecular weight is 453 g/mol. The summed E-state index contributed by atoms with van der Waals surface area (Å²) in [5, 5.41) is 0.943. The molecule has 0 fully saturated rings. The van der Waals surface area contributed by atoms with Crippen molar-refractivity contribution in [1.82, 2.24) is 0 Å². The minimum absolute atomic E-state index is 0.121. The number of esters is 1. The van der Waals surface area contributed by atoms with Gasteiger partial charge in [-0.2, -0.15) is 0 Å². The molecule has 0 radical (unpaired) electrons. The molecule has 1 aromatic heterocycles. The Kier molecular flexibility index (Phi) is 8.17. The van der Waals surface area contributed by atoms with E-state index in [-0.39, 0.29) is 18.4 Å². The first-order valence-corrected chi connectivity index (χ1v) is 11.8. The van der Waals surface area contributed by atoms with Crippen molar-refractivity contribution in [2.24, 2.45) is 0 Å². The van der Waals surface area contributed by atoms with Gasteiger partial charge in [0.25, 0.3) is 0 Å². The van der Waals surface area contributed by atoms with Gasteiger partial charge in [-0.1, -0.05) is 19.4 Å². The topological polar surface area (TPSA) is 65.7 Å². The number of unbranched alkanes of at least 4 members (excludes halogenated alkanes) is 1. The number of rotatable bonds is 10. The number of carbonyl (C=O) groups excluding carboxylic acids is 2. The van der Waals surface area contributed by atoms with E-state index in [0.29, 0.717) is 23.5 Å². The molecule has 2 aromatic carbocycles. The predicted octanol–water partition coefficient (Wildman–Crippen LogP) is 6.39. The van der Waals surface area contributed by atoms with Crippen molar-refractivity contribution in [3.05, 3.63) is 64.9 Å². The first kappa shape index (κ1) is 23.7. The van der Waals surface area contributed by atoms with Gasteiger partial charge in [0.1, 0.15) is 11.3 Å². The van der Waals surface area contributed by atoms with Crippen LogP contribution in [0.4, 0.5) is 0 Å². The van der Waals surface area contributed by atoms with Crippen LogP contribution in [-0.4, -0.2) is 31.2 Å². The van der Waals surface area contributed by atoms with Gasteiger partial charge in [0.15, 0.2) is 12.4 Å². The zero-order valence-corrected chi connectivity index (χ0v) is 19.7. The number of thioether (sulfide) groups is 1. The maximum absolute atomic E-state index is 12.8. The molecule has 5 nitrogen and oxygen atoms in total. The molecule has 32 heavy (non-hydrogen) atoms. The van der Waals surface area contributed by atoms with Crippen LogP contribution in [0, 0.1) is 13.8 Å². The molecular formula is C26H28O5S. The number of ketones is 1. The zero-order chi connectivity index (χ0) is 23.1. The molecule has 0 aliphatic rings. The molecule has 0 aliphatic carbocycles. The fraction of sp³-hybridized carbons (Fsp3) is 0.308. The van der Waals surface area contributed by atoms with E-state index in [2.05, 4.69) is 0 Å². The highest BCUT2D eigenvalue weighted by atomic mass is 32.2. The molecule has 0 atom stereocenters. The first-order valence-electron chi connectivity index (χ1n) is 10.6. The third kappa shape index (κ3) is 5.62. The number of hydrogen-bond acceptors (Lipinski definition) is 6. The molecule has 0 amide bonds. The maximum atomic E-state index is 12.8. The second-order valence-corrected chi connectivity index (χ2v) is 8.37. The predicted molar refractivity (Wildman–Crippen MR) is 129 cm³/mol. The van der Waals surface area contributed by atoms with Crippen molar-refractivity contribution < 1.29 is 23.5 Å². The molecule has 0 N–H and O–H groups in total. The van der Waals surface area contributed by atoms with Crippen LogP contribution in [0.25, 0.3) is 17.0 Å². The Bertz CT molecular complexity index is 1120. The van der Waals surface area contributed by atoms with Crippen LogP contribution in [-0.2, 0) is 9.53 Å². The first-order chi connectivity index (χ1) is 15.4. The van der Waals surface area contributed by atoms with Gasteiger partial charge >= 0.3 is 5.97 Å². The van der Waals surface area contributed by atoms with Gasteiger partial charge in [0.05, 0.1) is 18.4 Å². The fourth-order valence-corrected chi connectivity index (χ4v) is 4.07. The van der Waals surface area contributed by atoms with Crippen molar-refractivity contribution in [3.8, 4) is 5.75 Å². The molecular weight excluding hydrogens is 424 g/mol. The third-order valence-electron chi connectivity index (χ3n) is 5.07. The van der Waals surface area contributed by atoms with E-state index >= 15 is 0 Å². The molecule has 3 aromatic rings. The molecule has 0 bridgehead atoms. The van der Waals surface area contributed by atoms with Crippen molar-refractivity contribution in [1.29, 1.82) is 0 Å². The number of carbonyl (C=O) groups is 2. The molecule has 0 saturated carbocycles. The van der Waals surface area contributed by atoms with E-state index in [1.807, 2.05) is 51.3 Å². The summed E-state index contributed by atoms with van der Waals surface area (Å²) in [4.78, 5) is 25.7. The van der Waals surface area contributed by atoms with E-state index in [4.69, 9.17) is 13.9 Å². The van der Waals surface area contributed by atoms with Crippen molar-refractivity contribution in [2.45, 2.75) is 38.5 Å². The highest BCUT2D eigenvalue weighted by Crippen LogP contribution is 2.30. The van der Waals surface area contributed by atoms with Crippen molar-refractivity contribution in [2.75, 3.05) is 19.5 Å². The quantitative estimate of drug-likeness (QED) is 0.117. The average Bonchev–Trinajstić information content (AvgIpc) is 3.26. The highest BCUT2D eigenvalue weighted by molar-refractivity contribution is 7.98. The molecule has 6 heteroatoms. The summed E-state index contributed by atoms with van der Waals surface area (Å²) in [5.41, 5.74) is 3.79. The summed E-state index contributed by atoms with van der Waals surface area (Å²) in [6.45, 7) is 6.16. The summed E-state index contributed by atoms with van der Waals surface area (Å²) in [6.07, 6.45) is 8.75. The lowest BCUT2D eigenvalue weighted by molar-refractivity contribution is -0.146. The van der Waals surface area contributed by atoms with Crippen molar-refractivity contribution in [3.63, 3.8) is 0 Å². The van der Waals surface area contributed by atoms with Crippen LogP contribution in [0.15, 0.2) is 52.0 Å². The summed E-state index contributed by atoms with van der Waals surface area (Å²) >= 11 is 1.62. The minimum Gasteiger partial charge on any atom is -0.481 e. The number of fused-ring (bicyclic) bond motifs is 1. The molecule has 0 saturated heterocycles. The number of ether oxygens (including phenoxy) is 2. The van der Waals surface area contributed by atoms with Crippen molar-refractivity contribution >= 4 is 40.6 Å². The Morgan fingerprint density at radius 2 is 1.88 bits per heavy atom. The summed E-state index contributed by atoms with van der Waals surface area (Å²) in [7, 11) is 0. The van der Waals surface area contributed by atoms with Gasteiger partial charge in [-0.05, 0) is 79.6 Å². The van der Waals surface area contributed by atoms with E-state index in [1.54, 1.807) is 36.2 Å². The molecule has 0 spiro atoms. The standard InChI is InChI=1S/C26H28O5S/c1-5-6-12-29-24(28)16-31-25-17(2)14-19(15-18(25)3)7-9-22(27)20-8-10-23(32-4)21-11-13-30-26(20)21/h7-11,13-15H,5-6,12,16H2,1-4H3/b9-7+. The third-order valence-corrected chi connectivity index (χ3v) is 5.86. The number of benzene rings is 2.